The van der Waals surface area contributed by atoms with Crippen LogP contribution in [0.5, 0.6) is 0 Å². The molecule has 1 N–H and O–H groups in total. The third-order valence-corrected chi connectivity index (χ3v) is 4.88. The van der Waals surface area contributed by atoms with Crippen LogP contribution in [0.3, 0.4) is 0 Å². The largest absolute Gasteiger partial charge is 0.341 e. The average molecular weight is 297 g/mol. The lowest BCUT2D eigenvalue weighted by atomic mass is 10.1. The van der Waals surface area contributed by atoms with Gasteiger partial charge in [-0.1, -0.05) is 12.1 Å². The van der Waals surface area contributed by atoms with Crippen molar-refractivity contribution in [1.29, 1.82) is 0 Å². The van der Waals surface area contributed by atoms with Crippen molar-refractivity contribution in [2.45, 2.75) is 38.9 Å². The monoisotopic (exact) mass is 297 g/mol. The number of thiazole rings is 1. The van der Waals surface area contributed by atoms with Crippen molar-refractivity contribution in [2.75, 3.05) is 0 Å². The van der Waals surface area contributed by atoms with Gasteiger partial charge in [0.05, 0.1) is 17.2 Å². The van der Waals surface area contributed by atoms with E-state index in [-0.39, 0.29) is 0 Å². The van der Waals surface area contributed by atoms with Gasteiger partial charge in [-0.2, -0.15) is 0 Å². The van der Waals surface area contributed by atoms with Gasteiger partial charge in [-0.3, -0.25) is 0 Å². The van der Waals surface area contributed by atoms with Gasteiger partial charge in [0.15, 0.2) is 0 Å². The Morgan fingerprint density at radius 1 is 1.33 bits per heavy atom. The number of nitrogens with one attached hydrogen (secondary N) is 1. The minimum atomic E-state index is 0.750. The van der Waals surface area contributed by atoms with Crippen molar-refractivity contribution in [1.82, 2.24) is 14.9 Å². The van der Waals surface area contributed by atoms with Gasteiger partial charge in [-0.05, 0) is 37.5 Å². The highest BCUT2D eigenvalue weighted by Crippen LogP contribution is 2.24. The Balaban J connectivity index is 1.62. The van der Waals surface area contributed by atoms with E-state index < -0.39 is 0 Å². The zero-order chi connectivity index (χ0) is 14.2. The number of aromatic nitrogens is 2. The molecule has 2 heterocycles. The molecule has 0 spiro atoms. The van der Waals surface area contributed by atoms with Gasteiger partial charge in [0.1, 0.15) is 0 Å². The van der Waals surface area contributed by atoms with Gasteiger partial charge in [-0.15, -0.1) is 11.3 Å². The van der Waals surface area contributed by atoms with Gasteiger partial charge >= 0.3 is 0 Å². The number of fused-ring (bicyclic) bond motifs is 1. The fourth-order valence-electron chi connectivity index (χ4n) is 2.78. The standard InChI is InChI=1S/C17H19N3S/c1-12-19-15(11-21-12)10-20-8-7-16-13(3-2-4-17(16)20)9-18-14-5-6-14/h2-4,7-8,11,14,18H,5-6,9-10H2,1H3. The molecule has 0 bridgehead atoms. The zero-order valence-corrected chi connectivity index (χ0v) is 13.0. The van der Waals surface area contributed by atoms with Crippen LogP contribution in [0.4, 0.5) is 0 Å². The Morgan fingerprint density at radius 3 is 3.00 bits per heavy atom. The molecule has 108 valence electrons. The molecule has 4 heteroatoms. The molecule has 0 amide bonds. The summed E-state index contributed by atoms with van der Waals surface area (Å²) in [7, 11) is 0. The Bertz CT molecular complexity index is 767. The molecule has 2 aromatic heterocycles. The summed E-state index contributed by atoms with van der Waals surface area (Å²) in [5, 5.41) is 8.25. The van der Waals surface area contributed by atoms with Crippen molar-refractivity contribution in [3.63, 3.8) is 0 Å². The summed E-state index contributed by atoms with van der Waals surface area (Å²) in [6.07, 6.45) is 4.85. The Morgan fingerprint density at radius 2 is 2.24 bits per heavy atom. The summed E-state index contributed by atoms with van der Waals surface area (Å²) in [6.45, 7) is 3.89. The molecular formula is C17H19N3S. The lowest BCUT2D eigenvalue weighted by Crippen LogP contribution is -2.15. The van der Waals surface area contributed by atoms with Crippen LogP contribution < -0.4 is 5.32 Å². The predicted octanol–water partition coefficient (Wildman–Crippen LogP) is 3.71. The number of benzene rings is 1. The molecular weight excluding hydrogens is 278 g/mol. The van der Waals surface area contributed by atoms with E-state index in [4.69, 9.17) is 0 Å². The second-order valence-corrected chi connectivity index (χ2v) is 6.87. The van der Waals surface area contributed by atoms with E-state index in [1.165, 1.54) is 29.3 Å². The van der Waals surface area contributed by atoms with Crippen LogP contribution in [0, 0.1) is 6.92 Å². The lowest BCUT2D eigenvalue weighted by Gasteiger charge is -2.07. The maximum atomic E-state index is 4.57. The van der Waals surface area contributed by atoms with Crippen molar-refractivity contribution >= 4 is 22.2 Å². The van der Waals surface area contributed by atoms with E-state index in [0.717, 1.165) is 29.8 Å². The van der Waals surface area contributed by atoms with E-state index in [9.17, 15) is 0 Å². The third-order valence-electron chi connectivity index (χ3n) is 4.06. The number of hydrogen-bond acceptors (Lipinski definition) is 3. The predicted molar refractivity (Wildman–Crippen MR) is 87.8 cm³/mol. The maximum Gasteiger partial charge on any atom is 0.0898 e. The fraction of sp³-hybridized carbons (Fsp3) is 0.353. The summed E-state index contributed by atoms with van der Waals surface area (Å²) in [6, 6.07) is 9.58. The van der Waals surface area contributed by atoms with Crippen LogP contribution >= 0.6 is 11.3 Å². The van der Waals surface area contributed by atoms with Gasteiger partial charge < -0.3 is 9.88 Å². The first-order chi connectivity index (χ1) is 10.3. The lowest BCUT2D eigenvalue weighted by molar-refractivity contribution is 0.691. The first-order valence-electron chi connectivity index (χ1n) is 7.51. The number of rotatable bonds is 5. The molecule has 3 nitrogen and oxygen atoms in total. The highest BCUT2D eigenvalue weighted by molar-refractivity contribution is 7.09. The van der Waals surface area contributed by atoms with Crippen molar-refractivity contribution < 1.29 is 0 Å². The summed E-state index contributed by atoms with van der Waals surface area (Å²) < 4.78 is 2.30. The summed E-state index contributed by atoms with van der Waals surface area (Å²) >= 11 is 1.72. The Labute approximate surface area is 128 Å². The number of aryl methyl sites for hydroxylation is 1. The molecule has 1 aliphatic rings. The molecule has 1 aliphatic carbocycles. The molecule has 0 saturated heterocycles. The highest BCUT2D eigenvalue weighted by Gasteiger charge is 2.20. The molecule has 0 aliphatic heterocycles. The maximum absolute atomic E-state index is 4.57. The van der Waals surface area contributed by atoms with Crippen molar-refractivity contribution in [3.05, 3.63) is 52.1 Å². The molecule has 4 rings (SSSR count). The van der Waals surface area contributed by atoms with E-state index in [1.807, 2.05) is 0 Å². The van der Waals surface area contributed by atoms with E-state index in [1.54, 1.807) is 11.3 Å². The van der Waals surface area contributed by atoms with Crippen LogP contribution in [0.25, 0.3) is 10.9 Å². The molecule has 1 aromatic carbocycles. The fourth-order valence-corrected chi connectivity index (χ4v) is 3.38. The minimum Gasteiger partial charge on any atom is -0.341 e. The normalized spacial score (nSPS) is 14.9. The van der Waals surface area contributed by atoms with E-state index in [0.29, 0.717) is 0 Å². The Hall–Kier alpha value is -1.65. The summed E-state index contributed by atoms with van der Waals surface area (Å²) in [4.78, 5) is 4.57. The van der Waals surface area contributed by atoms with E-state index in [2.05, 4.69) is 57.6 Å². The van der Waals surface area contributed by atoms with Crippen molar-refractivity contribution in [2.24, 2.45) is 0 Å². The van der Waals surface area contributed by atoms with Gasteiger partial charge in [0, 0.05) is 35.1 Å². The molecule has 3 aromatic rings. The van der Waals surface area contributed by atoms with Crippen molar-refractivity contribution in [3.8, 4) is 0 Å². The second-order valence-electron chi connectivity index (χ2n) is 5.81. The van der Waals surface area contributed by atoms with Gasteiger partial charge in [0.25, 0.3) is 0 Å². The zero-order valence-electron chi connectivity index (χ0n) is 12.2. The van der Waals surface area contributed by atoms with Gasteiger partial charge in [-0.25, -0.2) is 4.98 Å². The third kappa shape index (κ3) is 2.74. The molecule has 0 radical (unpaired) electrons. The number of hydrogen-bond donors (Lipinski definition) is 1. The second kappa shape index (κ2) is 5.28. The average Bonchev–Trinajstić information content (AvgIpc) is 3.10. The van der Waals surface area contributed by atoms with Crippen LogP contribution in [0.15, 0.2) is 35.8 Å². The topological polar surface area (TPSA) is 29.9 Å². The molecule has 1 fully saturated rings. The number of nitrogens with zero attached hydrogens (tertiary/aromatic N) is 2. The van der Waals surface area contributed by atoms with Gasteiger partial charge in [0.2, 0.25) is 0 Å². The summed E-state index contributed by atoms with van der Waals surface area (Å²) in [5.41, 5.74) is 3.85. The smallest absolute Gasteiger partial charge is 0.0898 e. The summed E-state index contributed by atoms with van der Waals surface area (Å²) in [5.74, 6) is 0. The first kappa shape index (κ1) is 13.0. The van der Waals surface area contributed by atoms with Crippen LogP contribution in [-0.2, 0) is 13.1 Å². The van der Waals surface area contributed by atoms with Crippen LogP contribution in [0.1, 0.15) is 29.1 Å². The Kier molecular flexibility index (Phi) is 3.28. The highest BCUT2D eigenvalue weighted by atomic mass is 32.1. The quantitative estimate of drug-likeness (QED) is 0.778. The van der Waals surface area contributed by atoms with Crippen LogP contribution in [-0.4, -0.2) is 15.6 Å². The minimum absolute atomic E-state index is 0.750. The van der Waals surface area contributed by atoms with Crippen LogP contribution in [0.2, 0.25) is 0 Å². The SMILES string of the molecule is Cc1nc(Cn2ccc3c(CNC4CC4)cccc32)cs1. The first-order valence-corrected chi connectivity index (χ1v) is 8.39. The molecule has 21 heavy (non-hydrogen) atoms. The molecule has 0 unspecified atom stereocenters. The molecule has 1 saturated carbocycles. The molecule has 0 atom stereocenters. The van der Waals surface area contributed by atoms with E-state index >= 15 is 0 Å².